The van der Waals surface area contributed by atoms with Crippen molar-refractivity contribution in [3.8, 4) is 11.5 Å². The molecular weight excluding hydrogens is 700 g/mol. The topological polar surface area (TPSA) is 149 Å². The molecule has 2 aliphatic rings. The number of nitrogens with zero attached hydrogens (tertiary/aromatic N) is 2. The number of carbonyl (C=O) groups excluding carboxylic acids is 2. The van der Waals surface area contributed by atoms with Crippen LogP contribution in [-0.2, 0) is 20.7 Å². The normalized spacial score (nSPS) is 23.0. The highest BCUT2D eigenvalue weighted by Crippen LogP contribution is 2.45. The van der Waals surface area contributed by atoms with Crippen LogP contribution in [0.3, 0.4) is 0 Å². The highest BCUT2D eigenvalue weighted by atomic mass is 19.3. The maximum absolute atomic E-state index is 14.5. The molecule has 4 rings (SSSR count). The summed E-state index contributed by atoms with van der Waals surface area (Å²) in [6, 6.07) is 1.12. The predicted octanol–water partition coefficient (Wildman–Crippen LogP) is 7.66. The van der Waals surface area contributed by atoms with E-state index in [1.807, 2.05) is 20.8 Å². The van der Waals surface area contributed by atoms with E-state index in [0.717, 1.165) is 71.9 Å². The highest BCUT2D eigenvalue weighted by Gasteiger charge is 2.59. The Kier molecular flexibility index (Phi) is 15.2. The van der Waals surface area contributed by atoms with Gasteiger partial charge in [0.15, 0.2) is 6.10 Å². The molecule has 302 valence electrons. The van der Waals surface area contributed by atoms with Crippen LogP contribution in [0.4, 0.5) is 14.6 Å². The fourth-order valence-corrected chi connectivity index (χ4v) is 7.65. The summed E-state index contributed by atoms with van der Waals surface area (Å²) in [5.41, 5.74) is 2.15. The molecule has 0 aliphatic carbocycles. The Balaban J connectivity index is 1.26. The van der Waals surface area contributed by atoms with Crippen molar-refractivity contribution in [1.82, 2.24) is 9.55 Å². The minimum atomic E-state index is -3.87. The number of hydrogen-bond acceptors (Lipinski definition) is 9. The van der Waals surface area contributed by atoms with Gasteiger partial charge in [-0.1, -0.05) is 72.1 Å². The van der Waals surface area contributed by atoms with Gasteiger partial charge >= 0.3 is 17.6 Å². The number of alkyl halides is 2. The van der Waals surface area contributed by atoms with Gasteiger partial charge in [-0.15, -0.1) is 0 Å². The lowest BCUT2D eigenvalue weighted by Crippen LogP contribution is -2.41. The number of benzene rings is 1. The summed E-state index contributed by atoms with van der Waals surface area (Å²) in [6.45, 7) is 14.1. The van der Waals surface area contributed by atoms with Crippen LogP contribution in [0.25, 0.3) is 0 Å². The number of aliphatic hydroxyl groups is 2. The van der Waals surface area contributed by atoms with E-state index in [0.29, 0.717) is 16.2 Å². The quantitative estimate of drug-likeness (QED) is 0.0746. The molecule has 0 radical (unpaired) electrons. The summed E-state index contributed by atoms with van der Waals surface area (Å²) in [6.07, 6.45) is 8.48. The van der Waals surface area contributed by atoms with Crippen LogP contribution in [0, 0.1) is 32.6 Å². The van der Waals surface area contributed by atoms with Crippen molar-refractivity contribution in [1.29, 1.82) is 0 Å². The lowest BCUT2D eigenvalue weighted by Gasteiger charge is -2.38. The van der Waals surface area contributed by atoms with Crippen molar-refractivity contribution in [2.75, 3.05) is 11.9 Å². The molecular formula is C41H61F2N3O8. The second kappa shape index (κ2) is 18.9. The van der Waals surface area contributed by atoms with Gasteiger partial charge in [0, 0.05) is 18.2 Å². The fraction of sp³-hybridized carbons (Fsp3) is 0.707. The maximum atomic E-state index is 14.5. The van der Waals surface area contributed by atoms with E-state index in [1.54, 1.807) is 0 Å². The van der Waals surface area contributed by atoms with Gasteiger partial charge in [-0.2, -0.15) is 13.8 Å². The molecule has 3 heterocycles. The Morgan fingerprint density at radius 2 is 1.70 bits per heavy atom. The van der Waals surface area contributed by atoms with Crippen molar-refractivity contribution < 1.29 is 42.8 Å². The van der Waals surface area contributed by atoms with E-state index in [1.165, 1.54) is 51.4 Å². The number of ether oxygens (including phenoxy) is 3. The number of fused-ring (bicyclic) bond motifs is 1. The molecule has 3 N–H and O–H groups in total. The van der Waals surface area contributed by atoms with Gasteiger partial charge in [0.2, 0.25) is 12.1 Å². The van der Waals surface area contributed by atoms with Gasteiger partial charge in [0.05, 0.1) is 13.0 Å². The zero-order valence-corrected chi connectivity index (χ0v) is 33.1. The summed E-state index contributed by atoms with van der Waals surface area (Å²) in [5.74, 6) is -2.49. The number of hydrogen-bond donors (Lipinski definition) is 3. The first kappa shape index (κ1) is 43.3. The Bertz CT molecular complexity index is 1670. The van der Waals surface area contributed by atoms with E-state index in [2.05, 4.69) is 38.0 Å². The van der Waals surface area contributed by atoms with E-state index in [9.17, 15) is 33.4 Å². The lowest BCUT2D eigenvalue weighted by molar-refractivity contribution is -0.141. The Hall–Kier alpha value is -3.42. The van der Waals surface area contributed by atoms with Crippen LogP contribution >= 0.6 is 0 Å². The number of anilines is 1. The van der Waals surface area contributed by atoms with Gasteiger partial charge in [-0.05, 0) is 88.0 Å². The van der Waals surface area contributed by atoms with E-state index in [4.69, 9.17) is 14.2 Å². The maximum Gasteiger partial charge on any atom is 0.351 e. The van der Waals surface area contributed by atoms with Crippen LogP contribution in [0.5, 0.6) is 11.5 Å². The minimum Gasteiger partial charge on any atom is -0.487 e. The second-order valence-electron chi connectivity index (χ2n) is 15.9. The zero-order valence-electron chi connectivity index (χ0n) is 33.1. The fourth-order valence-electron chi connectivity index (χ4n) is 7.65. The number of esters is 1. The third-order valence-corrected chi connectivity index (χ3v) is 11.3. The van der Waals surface area contributed by atoms with Crippen LogP contribution in [-0.4, -0.2) is 62.0 Å². The van der Waals surface area contributed by atoms with E-state index in [-0.39, 0.29) is 24.3 Å². The number of carbonyl (C=O) groups is 2. The van der Waals surface area contributed by atoms with Crippen molar-refractivity contribution >= 4 is 17.7 Å². The molecule has 1 fully saturated rings. The molecule has 1 saturated heterocycles. The van der Waals surface area contributed by atoms with Gasteiger partial charge in [-0.3, -0.25) is 14.2 Å². The molecule has 0 saturated carbocycles. The van der Waals surface area contributed by atoms with Crippen LogP contribution in [0.15, 0.2) is 17.1 Å². The Morgan fingerprint density at radius 3 is 2.33 bits per heavy atom. The first-order chi connectivity index (χ1) is 25.5. The molecule has 2 aromatic rings. The highest BCUT2D eigenvalue weighted by molar-refractivity contribution is 5.92. The molecule has 0 spiro atoms. The average molecular weight is 762 g/mol. The molecule has 13 heteroatoms. The number of unbranched alkanes of at least 4 members (excludes halogenated alkanes) is 2. The SMILES string of the molecule is CCCCCC(C)CCCC(C)CCCC1(C)CCc2c(C)c(OC(=O)CCC(=O)Nc3ccn([C@@H]4O[C@H](CO)[C@@H](O)C4(F)F)c(=O)n3)c(C)c(C)c2O1. The number of rotatable bonds is 19. The molecule has 3 unspecified atom stereocenters. The van der Waals surface area contributed by atoms with Gasteiger partial charge in [0.1, 0.15) is 29.0 Å². The monoisotopic (exact) mass is 761 g/mol. The summed E-state index contributed by atoms with van der Waals surface area (Å²) in [7, 11) is 0. The van der Waals surface area contributed by atoms with E-state index >= 15 is 0 Å². The number of aromatic nitrogens is 2. The molecule has 1 amide bonds. The Labute approximate surface area is 318 Å². The van der Waals surface area contributed by atoms with Gasteiger partial charge in [-0.25, -0.2) is 4.79 Å². The molecule has 2 aliphatic heterocycles. The predicted molar refractivity (Wildman–Crippen MR) is 202 cm³/mol. The van der Waals surface area contributed by atoms with Crippen LogP contribution in [0.2, 0.25) is 0 Å². The minimum absolute atomic E-state index is 0.216. The lowest BCUT2D eigenvalue weighted by atomic mass is 9.83. The standard InChI is InChI=1S/C41H61F2N3O8/c1-8-9-10-13-25(2)14-11-15-26(3)16-12-21-40(7)22-19-30-29(6)35(27(4)28(5)36(30)54-40)53-34(49)18-17-33(48)44-32-20-23-46(39(51)45-32)38-41(42,43)37(50)31(24-47)52-38/h20,23,25-26,31,37-38,47,50H,8-19,21-22,24H2,1-7H3,(H,44,45,48,51)/t25?,26?,31-,37-,38-,40?/m1/s1. The second-order valence-corrected chi connectivity index (χ2v) is 15.9. The van der Waals surface area contributed by atoms with E-state index < -0.39 is 48.5 Å². The van der Waals surface area contributed by atoms with Gasteiger partial charge < -0.3 is 29.7 Å². The summed E-state index contributed by atoms with van der Waals surface area (Å²) < 4.78 is 46.9. The van der Waals surface area contributed by atoms with Gasteiger partial charge in [0.25, 0.3) is 0 Å². The largest absolute Gasteiger partial charge is 0.487 e. The van der Waals surface area contributed by atoms with Crippen molar-refractivity contribution in [3.05, 3.63) is 45.0 Å². The summed E-state index contributed by atoms with van der Waals surface area (Å²) >= 11 is 0. The number of halogens is 2. The molecule has 11 nitrogen and oxygen atoms in total. The molecule has 0 bridgehead atoms. The van der Waals surface area contributed by atoms with Crippen molar-refractivity contribution in [3.63, 3.8) is 0 Å². The molecule has 1 aromatic heterocycles. The third-order valence-electron chi connectivity index (χ3n) is 11.3. The average Bonchev–Trinajstić information content (AvgIpc) is 3.35. The smallest absolute Gasteiger partial charge is 0.351 e. The summed E-state index contributed by atoms with van der Waals surface area (Å²) in [4.78, 5) is 41.7. The molecule has 6 atom stereocenters. The number of nitrogens with one attached hydrogen (secondary N) is 1. The third kappa shape index (κ3) is 10.7. The number of amides is 1. The first-order valence-corrected chi connectivity index (χ1v) is 19.7. The van der Waals surface area contributed by atoms with Crippen molar-refractivity contribution in [2.45, 2.75) is 168 Å². The molecule has 54 heavy (non-hydrogen) atoms. The van der Waals surface area contributed by atoms with Crippen LogP contribution < -0.4 is 20.5 Å². The first-order valence-electron chi connectivity index (χ1n) is 19.7. The Morgan fingerprint density at radius 1 is 1.04 bits per heavy atom. The van der Waals surface area contributed by atoms with Crippen LogP contribution in [0.1, 0.15) is 140 Å². The van der Waals surface area contributed by atoms with Crippen molar-refractivity contribution in [2.24, 2.45) is 11.8 Å². The molecule has 1 aromatic carbocycles. The zero-order chi connectivity index (χ0) is 39.8. The summed E-state index contributed by atoms with van der Waals surface area (Å²) in [5, 5.41) is 21.3. The number of aliphatic hydroxyl groups excluding tert-OH is 2.